The maximum Gasteiger partial charge on any atom is 0.264 e. The predicted octanol–water partition coefficient (Wildman–Crippen LogP) is 7.00. The minimum atomic E-state index is -0.974. The van der Waals surface area contributed by atoms with Crippen LogP contribution in [0.25, 0.3) is 0 Å². The average molecular weight is 604 g/mol. The normalized spacial score (nSPS) is 18.8. The Labute approximate surface area is 246 Å². The fourth-order valence-electron chi connectivity index (χ4n) is 3.72. The van der Waals surface area contributed by atoms with Crippen molar-refractivity contribution in [3.63, 3.8) is 0 Å². The number of carbonyl (C=O) groups excluding carboxylic acids is 1. The van der Waals surface area contributed by atoms with Gasteiger partial charge in [0.05, 0.1) is 19.3 Å². The van der Waals surface area contributed by atoms with Gasteiger partial charge in [-0.05, 0) is 88.1 Å². The van der Waals surface area contributed by atoms with Crippen molar-refractivity contribution in [2.45, 2.75) is 68.0 Å². The molecule has 2 unspecified atom stereocenters. The van der Waals surface area contributed by atoms with Crippen LogP contribution < -0.4 is 10.0 Å². The Morgan fingerprint density at radius 3 is 2.23 bits per heavy atom. The van der Waals surface area contributed by atoms with Crippen LogP contribution in [0, 0.1) is 17.5 Å². The number of carbonyl (C=O) groups is 1. The summed E-state index contributed by atoms with van der Waals surface area (Å²) >= 11 is 2.47. The number of fused-ring (bicyclic) bond motifs is 2. The molecule has 2 atom stereocenters. The number of unbranched alkanes of at least 4 members (excludes halogenated alkanes) is 1. The van der Waals surface area contributed by atoms with Crippen molar-refractivity contribution >= 4 is 35.3 Å². The van der Waals surface area contributed by atoms with Crippen LogP contribution in [0.5, 0.6) is 0 Å². The summed E-state index contributed by atoms with van der Waals surface area (Å²) in [5, 5.41) is 2.44. The molecule has 2 aliphatic heterocycles. The first-order valence-electron chi connectivity index (χ1n) is 13.5. The number of ether oxygens (including phenoxy) is 2. The largest absolute Gasteiger partial charge is 0.383 e. The number of hydrogen-bond donors (Lipinski definition) is 2. The van der Waals surface area contributed by atoms with E-state index in [4.69, 9.17) is 9.47 Å². The molecule has 2 aromatic carbocycles. The van der Waals surface area contributed by atoms with Crippen LogP contribution in [0.3, 0.4) is 0 Å². The van der Waals surface area contributed by atoms with E-state index < -0.39 is 17.2 Å². The van der Waals surface area contributed by atoms with Gasteiger partial charge in [0.2, 0.25) is 0 Å². The van der Waals surface area contributed by atoms with Gasteiger partial charge >= 0.3 is 0 Å². The van der Waals surface area contributed by atoms with Crippen molar-refractivity contribution in [1.29, 1.82) is 0 Å². The Morgan fingerprint density at radius 1 is 1.10 bits per heavy atom. The van der Waals surface area contributed by atoms with E-state index >= 15 is 0 Å². The number of benzene rings is 2. The van der Waals surface area contributed by atoms with E-state index in [0.29, 0.717) is 13.0 Å². The molecule has 2 bridgehead atoms. The van der Waals surface area contributed by atoms with Crippen molar-refractivity contribution < 1.29 is 27.4 Å². The second kappa shape index (κ2) is 19.2. The molecular weight excluding hydrogens is 559 g/mol. The van der Waals surface area contributed by atoms with Crippen LogP contribution >= 0.6 is 23.7 Å². The van der Waals surface area contributed by atoms with Gasteiger partial charge in [0.1, 0.15) is 23.1 Å². The number of halogens is 3. The summed E-state index contributed by atoms with van der Waals surface area (Å²) < 4.78 is 53.2. The first-order chi connectivity index (χ1) is 19.1. The molecule has 40 heavy (non-hydrogen) atoms. The molecule has 2 N–H and O–H groups in total. The van der Waals surface area contributed by atoms with Crippen LogP contribution in [-0.2, 0) is 14.3 Å². The third kappa shape index (κ3) is 11.9. The molecule has 0 radical (unpaired) electrons. The average Bonchev–Trinajstić information content (AvgIpc) is 3.26. The van der Waals surface area contributed by atoms with E-state index in [0.717, 1.165) is 35.4 Å². The highest BCUT2D eigenvalue weighted by atomic mass is 32.2. The maximum absolute atomic E-state index is 13.7. The van der Waals surface area contributed by atoms with Gasteiger partial charge < -0.3 is 19.7 Å². The lowest BCUT2D eigenvalue weighted by atomic mass is 9.95. The summed E-state index contributed by atoms with van der Waals surface area (Å²) in [7, 11) is 5.65. The van der Waals surface area contributed by atoms with E-state index in [1.54, 1.807) is 23.9 Å². The number of anilines is 1. The summed E-state index contributed by atoms with van der Waals surface area (Å²) in [6.45, 7) is 8.13. The van der Waals surface area contributed by atoms with Gasteiger partial charge in [-0.2, -0.15) is 0 Å². The first-order valence-corrected chi connectivity index (χ1v) is 15.5. The Morgan fingerprint density at radius 2 is 1.73 bits per heavy atom. The van der Waals surface area contributed by atoms with Crippen LogP contribution in [0.1, 0.15) is 46.5 Å². The van der Waals surface area contributed by atoms with Crippen molar-refractivity contribution in [2.24, 2.45) is 0 Å². The highest BCUT2D eigenvalue weighted by Gasteiger charge is 2.50. The summed E-state index contributed by atoms with van der Waals surface area (Å²) in [6.07, 6.45) is 5.94. The standard InChI is InChI=1S/C14H16F2N2O3S.C7H7FS.C6H15N.C2H6/c1-17-12-10(15)4-9(5-11(12)16)22-18-13(19)14-6-8(20-7-14)2-3-21-14;1-9-7-4-2-6(8)3-5-7;1-4-5-6-7(2)3;1-2/h4-5,8,17H,2-3,6-7H2,1H3,(H,18,19);2-5H,1H3;4-6H2,1-3H3;1-2H3. The highest BCUT2D eigenvalue weighted by Crippen LogP contribution is 2.35. The van der Waals surface area contributed by atoms with E-state index in [1.807, 2.05) is 20.1 Å². The topological polar surface area (TPSA) is 62.8 Å². The quantitative estimate of drug-likeness (QED) is 0.249. The molecule has 0 aliphatic carbocycles. The minimum absolute atomic E-state index is 0.0503. The fourth-order valence-corrected chi connectivity index (χ4v) is 4.85. The SMILES string of the molecule is CC.CCCCN(C)C.CNc1c(F)cc(SNC(=O)C23COC(CCO2)C3)cc1F.CSc1ccc(F)cc1. The zero-order valence-corrected chi connectivity index (χ0v) is 26.2. The van der Waals surface area contributed by atoms with Crippen molar-refractivity contribution in [3.8, 4) is 0 Å². The van der Waals surface area contributed by atoms with Gasteiger partial charge in [0.15, 0.2) is 5.60 Å². The molecule has 2 fully saturated rings. The molecule has 4 rings (SSSR count). The summed E-state index contributed by atoms with van der Waals surface area (Å²) in [5.74, 6) is -1.93. The third-order valence-corrected chi connectivity index (χ3v) is 7.38. The second-order valence-electron chi connectivity index (χ2n) is 9.13. The molecule has 2 aromatic rings. The molecule has 0 aromatic heterocycles. The monoisotopic (exact) mass is 603 g/mol. The number of nitrogens with one attached hydrogen (secondary N) is 2. The van der Waals surface area contributed by atoms with Crippen LogP contribution in [-0.4, -0.2) is 69.7 Å². The maximum atomic E-state index is 13.7. The number of amides is 1. The summed E-state index contributed by atoms with van der Waals surface area (Å²) in [6, 6.07) is 8.78. The Bertz CT molecular complexity index is 989. The van der Waals surface area contributed by atoms with Gasteiger partial charge in [-0.3, -0.25) is 9.52 Å². The predicted molar refractivity (Wildman–Crippen MR) is 161 cm³/mol. The molecule has 11 heteroatoms. The van der Waals surface area contributed by atoms with Gasteiger partial charge in [0.25, 0.3) is 5.91 Å². The van der Waals surface area contributed by atoms with E-state index in [-0.39, 0.29) is 35.0 Å². The van der Waals surface area contributed by atoms with Gasteiger partial charge in [-0.1, -0.05) is 27.2 Å². The molecule has 2 aliphatic rings. The van der Waals surface area contributed by atoms with Crippen molar-refractivity contribution in [2.75, 3.05) is 52.5 Å². The number of nitrogens with zero attached hydrogens (tertiary/aromatic N) is 1. The Kier molecular flexibility index (Phi) is 17.4. The number of hydrogen-bond acceptors (Lipinski definition) is 7. The van der Waals surface area contributed by atoms with Crippen molar-refractivity contribution in [1.82, 2.24) is 9.62 Å². The first kappa shape index (κ1) is 36.1. The fraction of sp³-hybridized carbons (Fsp3) is 0.552. The molecule has 1 amide bonds. The van der Waals surface area contributed by atoms with Crippen LogP contribution in [0.15, 0.2) is 46.2 Å². The zero-order chi connectivity index (χ0) is 30.1. The Balaban J connectivity index is 0.000000366. The van der Waals surface area contributed by atoms with Crippen LogP contribution in [0.2, 0.25) is 0 Å². The van der Waals surface area contributed by atoms with E-state index in [1.165, 1.54) is 38.6 Å². The van der Waals surface area contributed by atoms with E-state index in [9.17, 15) is 18.0 Å². The Hall–Kier alpha value is -1.92. The van der Waals surface area contributed by atoms with Gasteiger partial charge in [-0.25, -0.2) is 13.2 Å². The highest BCUT2D eigenvalue weighted by molar-refractivity contribution is 7.98. The summed E-state index contributed by atoms with van der Waals surface area (Å²) in [4.78, 5) is 15.9. The lowest BCUT2D eigenvalue weighted by Gasteiger charge is -2.29. The molecule has 0 saturated carbocycles. The van der Waals surface area contributed by atoms with Gasteiger partial charge in [-0.15, -0.1) is 11.8 Å². The van der Waals surface area contributed by atoms with E-state index in [2.05, 4.69) is 36.0 Å². The zero-order valence-electron chi connectivity index (χ0n) is 24.6. The lowest BCUT2D eigenvalue weighted by molar-refractivity contribution is -0.146. The number of rotatable bonds is 8. The smallest absolute Gasteiger partial charge is 0.264 e. The lowest BCUT2D eigenvalue weighted by Crippen LogP contribution is -2.49. The molecule has 226 valence electrons. The molecular formula is C29H44F3N3O3S2. The third-order valence-electron chi connectivity index (χ3n) is 5.88. The molecule has 6 nitrogen and oxygen atoms in total. The molecule has 0 spiro atoms. The molecule has 2 heterocycles. The summed E-state index contributed by atoms with van der Waals surface area (Å²) in [5.41, 5.74) is -1.17. The number of thioether (sulfide) groups is 1. The molecule has 2 saturated heterocycles. The van der Waals surface area contributed by atoms with Gasteiger partial charge in [0, 0.05) is 23.3 Å². The second-order valence-corrected chi connectivity index (χ2v) is 10.9. The van der Waals surface area contributed by atoms with Crippen LogP contribution in [0.4, 0.5) is 18.9 Å². The van der Waals surface area contributed by atoms with Crippen molar-refractivity contribution in [3.05, 3.63) is 53.8 Å². The minimum Gasteiger partial charge on any atom is -0.383 e.